The molecule has 24 heavy (non-hydrogen) atoms. The van der Waals surface area contributed by atoms with E-state index in [1.807, 2.05) is 18.2 Å². The lowest BCUT2D eigenvalue weighted by molar-refractivity contribution is -0.138. The Morgan fingerprint density at radius 2 is 1.83 bits per heavy atom. The van der Waals surface area contributed by atoms with Crippen LogP contribution in [0.5, 0.6) is 5.75 Å². The smallest absolute Gasteiger partial charge is 0.352 e. The Morgan fingerprint density at radius 1 is 1.17 bits per heavy atom. The Balaban J connectivity index is 2.29. The van der Waals surface area contributed by atoms with Crippen molar-refractivity contribution in [3.05, 3.63) is 79.3 Å². The fraction of sp³-hybridized carbons (Fsp3) is 0.0556. The first-order valence-corrected chi connectivity index (χ1v) is 7.11. The van der Waals surface area contributed by atoms with Gasteiger partial charge in [0.2, 0.25) is 0 Å². The highest BCUT2D eigenvalue weighted by molar-refractivity contribution is 6.14. The maximum absolute atomic E-state index is 12.2. The predicted molar refractivity (Wildman–Crippen MR) is 89.6 cm³/mol. The third-order valence-electron chi connectivity index (χ3n) is 3.01. The number of benzene rings is 1. The van der Waals surface area contributed by atoms with E-state index in [1.54, 1.807) is 23.1 Å². The number of rotatable bonds is 7. The second-order valence-corrected chi connectivity index (χ2v) is 4.70. The van der Waals surface area contributed by atoms with Gasteiger partial charge in [0.25, 0.3) is 0 Å². The number of anilines is 1. The first-order chi connectivity index (χ1) is 11.6. The quantitative estimate of drug-likeness (QED) is 0.277. The number of carbonyl (C=O) groups is 2. The Morgan fingerprint density at radius 3 is 2.42 bits per heavy atom. The average molecular weight is 324 g/mol. The van der Waals surface area contributed by atoms with E-state index in [0.717, 1.165) is 5.69 Å². The van der Waals surface area contributed by atoms with Crippen LogP contribution in [-0.4, -0.2) is 28.6 Å². The third kappa shape index (κ3) is 4.54. The summed E-state index contributed by atoms with van der Waals surface area (Å²) in [5, 5.41) is 9.35. The van der Waals surface area contributed by atoms with Gasteiger partial charge in [-0.2, -0.15) is 0 Å². The summed E-state index contributed by atoms with van der Waals surface area (Å²) in [6, 6.07) is 12.0. The molecular weight excluding hydrogens is 308 g/mol. The highest BCUT2D eigenvalue weighted by Gasteiger charge is 2.21. The zero-order valence-corrected chi connectivity index (χ0v) is 12.8. The number of pyridine rings is 1. The standard InChI is InChI=1S/C18H16N2O4/c1-2-12-20(14-6-4-3-5-7-14)13-16(17(21)22)18(23)24-15-8-10-19-11-9-15/h2-11,13H,1,12H2,(H,21,22). The highest BCUT2D eigenvalue weighted by atomic mass is 16.5. The van der Waals surface area contributed by atoms with Crippen LogP contribution >= 0.6 is 0 Å². The van der Waals surface area contributed by atoms with Gasteiger partial charge in [0, 0.05) is 30.8 Å². The van der Waals surface area contributed by atoms with Gasteiger partial charge >= 0.3 is 11.9 Å². The zero-order chi connectivity index (χ0) is 17.4. The number of esters is 1. The summed E-state index contributed by atoms with van der Waals surface area (Å²) in [4.78, 5) is 29.1. The lowest BCUT2D eigenvalue weighted by atomic mass is 10.2. The van der Waals surface area contributed by atoms with Crippen LogP contribution in [0.3, 0.4) is 0 Å². The molecule has 0 aliphatic heterocycles. The van der Waals surface area contributed by atoms with Crippen LogP contribution in [0, 0.1) is 0 Å². The van der Waals surface area contributed by atoms with Gasteiger partial charge in [0.15, 0.2) is 5.57 Å². The number of nitrogens with zero attached hydrogens (tertiary/aromatic N) is 2. The van der Waals surface area contributed by atoms with Crippen molar-refractivity contribution in [3.8, 4) is 5.75 Å². The summed E-state index contributed by atoms with van der Waals surface area (Å²) in [7, 11) is 0. The Hall–Kier alpha value is -3.41. The van der Waals surface area contributed by atoms with Crippen LogP contribution in [0.4, 0.5) is 5.69 Å². The van der Waals surface area contributed by atoms with Crippen molar-refractivity contribution in [3.63, 3.8) is 0 Å². The first kappa shape index (κ1) is 17.0. The number of carboxylic acid groups (broad SMARTS) is 1. The summed E-state index contributed by atoms with van der Waals surface area (Å²) in [6.07, 6.45) is 5.74. The second kappa shape index (κ2) is 8.28. The van der Waals surface area contributed by atoms with Gasteiger partial charge < -0.3 is 14.7 Å². The minimum Gasteiger partial charge on any atom is -0.477 e. The summed E-state index contributed by atoms with van der Waals surface area (Å²) in [6.45, 7) is 3.99. The molecule has 0 atom stereocenters. The Kier molecular flexibility index (Phi) is 5.85. The summed E-state index contributed by atoms with van der Waals surface area (Å²) >= 11 is 0. The van der Waals surface area contributed by atoms with E-state index in [2.05, 4.69) is 11.6 Å². The largest absolute Gasteiger partial charge is 0.477 e. The molecule has 0 spiro atoms. The molecule has 122 valence electrons. The molecule has 1 heterocycles. The van der Waals surface area contributed by atoms with Crippen LogP contribution in [0.1, 0.15) is 0 Å². The minimum atomic E-state index is -1.38. The fourth-order valence-corrected chi connectivity index (χ4v) is 1.91. The van der Waals surface area contributed by atoms with E-state index in [0.29, 0.717) is 6.54 Å². The lowest BCUT2D eigenvalue weighted by Crippen LogP contribution is -2.24. The molecule has 0 aliphatic rings. The normalized spacial score (nSPS) is 10.8. The molecule has 2 aromatic rings. The van der Waals surface area contributed by atoms with Crippen LogP contribution in [0.25, 0.3) is 0 Å². The number of hydrogen-bond acceptors (Lipinski definition) is 5. The molecule has 6 heteroatoms. The van der Waals surface area contributed by atoms with Gasteiger partial charge in [-0.15, -0.1) is 6.58 Å². The Bertz CT molecular complexity index is 742. The highest BCUT2D eigenvalue weighted by Crippen LogP contribution is 2.16. The predicted octanol–water partition coefficient (Wildman–Crippen LogP) is 2.65. The van der Waals surface area contributed by atoms with Gasteiger partial charge in [-0.1, -0.05) is 24.3 Å². The van der Waals surface area contributed by atoms with E-state index in [9.17, 15) is 14.7 Å². The van der Waals surface area contributed by atoms with Gasteiger partial charge in [-0.3, -0.25) is 4.98 Å². The van der Waals surface area contributed by atoms with Gasteiger partial charge in [-0.25, -0.2) is 9.59 Å². The molecule has 0 bridgehead atoms. The first-order valence-electron chi connectivity index (χ1n) is 7.11. The number of hydrogen-bond donors (Lipinski definition) is 1. The number of carboxylic acids is 1. The number of para-hydroxylation sites is 1. The lowest BCUT2D eigenvalue weighted by Gasteiger charge is -2.19. The number of aromatic nitrogens is 1. The molecule has 0 amide bonds. The average Bonchev–Trinajstić information content (AvgIpc) is 2.59. The van der Waals surface area contributed by atoms with Gasteiger partial charge in [0.05, 0.1) is 0 Å². The summed E-state index contributed by atoms with van der Waals surface area (Å²) in [5.41, 5.74) is 0.241. The monoisotopic (exact) mass is 324 g/mol. The molecule has 1 aromatic carbocycles. The van der Waals surface area contributed by atoms with E-state index >= 15 is 0 Å². The maximum atomic E-state index is 12.2. The van der Waals surface area contributed by atoms with Crippen molar-refractivity contribution in [2.45, 2.75) is 0 Å². The van der Waals surface area contributed by atoms with Crippen molar-refractivity contribution in [2.75, 3.05) is 11.4 Å². The minimum absolute atomic E-state index is 0.220. The molecule has 0 saturated carbocycles. The van der Waals surface area contributed by atoms with Crippen molar-refractivity contribution in [1.29, 1.82) is 0 Å². The van der Waals surface area contributed by atoms with Crippen molar-refractivity contribution < 1.29 is 19.4 Å². The van der Waals surface area contributed by atoms with Crippen molar-refractivity contribution in [2.24, 2.45) is 0 Å². The fourth-order valence-electron chi connectivity index (χ4n) is 1.91. The van der Waals surface area contributed by atoms with Gasteiger partial charge in [-0.05, 0) is 24.3 Å². The molecule has 1 N–H and O–H groups in total. The maximum Gasteiger partial charge on any atom is 0.352 e. The summed E-state index contributed by atoms with van der Waals surface area (Å²) in [5.74, 6) is -2.12. The second-order valence-electron chi connectivity index (χ2n) is 4.70. The van der Waals surface area contributed by atoms with Crippen LogP contribution in [0.2, 0.25) is 0 Å². The summed E-state index contributed by atoms with van der Waals surface area (Å²) < 4.78 is 5.07. The molecule has 6 nitrogen and oxygen atoms in total. The topological polar surface area (TPSA) is 79.7 Å². The Labute approximate surface area is 139 Å². The van der Waals surface area contributed by atoms with E-state index in [1.165, 1.54) is 30.7 Å². The van der Waals surface area contributed by atoms with Gasteiger partial charge in [0.1, 0.15) is 5.75 Å². The molecule has 0 saturated heterocycles. The van der Waals surface area contributed by atoms with Crippen LogP contribution in [-0.2, 0) is 9.59 Å². The van der Waals surface area contributed by atoms with Crippen LogP contribution < -0.4 is 9.64 Å². The molecule has 0 fully saturated rings. The van der Waals surface area contributed by atoms with Crippen molar-refractivity contribution >= 4 is 17.6 Å². The van der Waals surface area contributed by atoms with E-state index in [-0.39, 0.29) is 5.75 Å². The third-order valence-corrected chi connectivity index (χ3v) is 3.01. The number of aliphatic carboxylic acids is 1. The van der Waals surface area contributed by atoms with E-state index < -0.39 is 17.5 Å². The molecule has 0 aliphatic carbocycles. The molecule has 0 radical (unpaired) electrons. The number of ether oxygens (including phenoxy) is 1. The van der Waals surface area contributed by atoms with Crippen molar-refractivity contribution in [1.82, 2.24) is 4.98 Å². The van der Waals surface area contributed by atoms with Crippen LogP contribution in [0.15, 0.2) is 79.3 Å². The molecule has 0 unspecified atom stereocenters. The number of carbonyl (C=O) groups excluding carboxylic acids is 1. The molecule has 1 aromatic heterocycles. The SMILES string of the molecule is C=CCN(C=C(C(=O)O)C(=O)Oc1ccncc1)c1ccccc1. The van der Waals surface area contributed by atoms with E-state index in [4.69, 9.17) is 4.74 Å². The zero-order valence-electron chi connectivity index (χ0n) is 12.8. The molecular formula is C18H16N2O4. The molecule has 2 rings (SSSR count).